The van der Waals surface area contributed by atoms with Gasteiger partial charge in [-0.2, -0.15) is 0 Å². The summed E-state index contributed by atoms with van der Waals surface area (Å²) in [4.78, 5) is 22.7. The van der Waals surface area contributed by atoms with E-state index in [9.17, 15) is 9.59 Å². The van der Waals surface area contributed by atoms with E-state index in [-0.39, 0.29) is 11.7 Å². The van der Waals surface area contributed by atoms with E-state index in [1.54, 1.807) is 6.33 Å². The Morgan fingerprint density at radius 2 is 2.35 bits per heavy atom. The minimum Gasteiger partial charge on any atom is -0.480 e. The number of carboxylic acids is 1. The van der Waals surface area contributed by atoms with Gasteiger partial charge in [0.2, 0.25) is 5.91 Å². The van der Waals surface area contributed by atoms with Crippen molar-refractivity contribution in [1.29, 1.82) is 0 Å². The van der Waals surface area contributed by atoms with Crippen LogP contribution in [0, 0.1) is 0 Å². The second-order valence-corrected chi connectivity index (χ2v) is 5.73. The van der Waals surface area contributed by atoms with Gasteiger partial charge in [0.25, 0.3) is 0 Å². The highest BCUT2D eigenvalue weighted by atomic mass is 32.2. The third-order valence-corrected chi connectivity index (χ3v) is 3.98. The predicted octanol–water partition coefficient (Wildman–Crippen LogP) is 1.07. The molecule has 1 aliphatic carbocycles. The maximum atomic E-state index is 11.8. The number of hydrogen-bond acceptors (Lipinski definition) is 5. The Morgan fingerprint density at radius 3 is 2.95 bits per heavy atom. The molecule has 20 heavy (non-hydrogen) atoms. The van der Waals surface area contributed by atoms with Crippen LogP contribution in [-0.2, 0) is 9.59 Å². The lowest BCUT2D eigenvalue weighted by Gasteiger charge is -2.13. The smallest absolute Gasteiger partial charge is 0.326 e. The highest BCUT2D eigenvalue weighted by molar-refractivity contribution is 7.99. The van der Waals surface area contributed by atoms with Gasteiger partial charge in [-0.15, -0.1) is 10.2 Å². The van der Waals surface area contributed by atoms with E-state index in [0.717, 1.165) is 12.8 Å². The van der Waals surface area contributed by atoms with Crippen LogP contribution in [-0.4, -0.2) is 43.5 Å². The molecule has 0 saturated heterocycles. The van der Waals surface area contributed by atoms with Crippen molar-refractivity contribution in [1.82, 2.24) is 20.1 Å². The molecule has 1 atom stereocenters. The number of aromatic nitrogens is 3. The second-order valence-electron chi connectivity index (χ2n) is 4.79. The average Bonchev–Trinajstić information content (AvgIpc) is 3.14. The van der Waals surface area contributed by atoms with Crippen molar-refractivity contribution in [3.05, 3.63) is 6.33 Å². The molecule has 110 valence electrons. The summed E-state index contributed by atoms with van der Waals surface area (Å²) in [6, 6.07) is -0.350. The fourth-order valence-corrected chi connectivity index (χ4v) is 2.64. The van der Waals surface area contributed by atoms with Crippen LogP contribution < -0.4 is 5.32 Å². The molecule has 1 amide bonds. The fourth-order valence-electron chi connectivity index (χ4n) is 1.85. The maximum absolute atomic E-state index is 11.8. The van der Waals surface area contributed by atoms with Gasteiger partial charge in [0, 0.05) is 6.04 Å². The van der Waals surface area contributed by atoms with Crippen LogP contribution in [0.25, 0.3) is 0 Å². The first-order valence-corrected chi connectivity index (χ1v) is 7.64. The third kappa shape index (κ3) is 3.96. The standard InChI is InChI=1S/C12H18N4O3S/c1-2-3-9(11(18)19)14-10(17)6-20-12-15-13-7-16(12)8-4-5-8/h7-9H,2-6H2,1H3,(H,14,17)(H,18,19)/t9-/m0/s1. The van der Waals surface area contributed by atoms with E-state index in [1.807, 2.05) is 11.5 Å². The van der Waals surface area contributed by atoms with Crippen molar-refractivity contribution in [3.63, 3.8) is 0 Å². The van der Waals surface area contributed by atoms with Gasteiger partial charge in [-0.1, -0.05) is 25.1 Å². The first kappa shape index (κ1) is 14.8. The van der Waals surface area contributed by atoms with Crippen LogP contribution in [0.1, 0.15) is 38.6 Å². The maximum Gasteiger partial charge on any atom is 0.326 e. The summed E-state index contributed by atoms with van der Waals surface area (Å²) in [5, 5.41) is 20.0. The van der Waals surface area contributed by atoms with Crippen molar-refractivity contribution >= 4 is 23.6 Å². The first-order valence-electron chi connectivity index (χ1n) is 6.66. The summed E-state index contributed by atoms with van der Waals surface area (Å²) in [6.07, 6.45) is 5.06. The minimum atomic E-state index is -0.994. The summed E-state index contributed by atoms with van der Waals surface area (Å²) in [5.74, 6) is -1.13. The van der Waals surface area contributed by atoms with Crippen LogP contribution in [0.4, 0.5) is 0 Å². The molecule has 0 radical (unpaired) electrons. The SMILES string of the molecule is CCC[C@H](NC(=O)CSc1nncn1C1CC1)C(=O)O. The van der Waals surface area contributed by atoms with Gasteiger partial charge < -0.3 is 15.0 Å². The van der Waals surface area contributed by atoms with Crippen molar-refractivity contribution < 1.29 is 14.7 Å². The number of amides is 1. The van der Waals surface area contributed by atoms with Gasteiger partial charge >= 0.3 is 5.97 Å². The molecule has 8 heteroatoms. The van der Waals surface area contributed by atoms with Crippen LogP contribution in [0.5, 0.6) is 0 Å². The number of carbonyl (C=O) groups excluding carboxylic acids is 1. The fraction of sp³-hybridized carbons (Fsp3) is 0.667. The molecule has 1 heterocycles. The lowest BCUT2D eigenvalue weighted by molar-refractivity contribution is -0.141. The van der Waals surface area contributed by atoms with E-state index >= 15 is 0 Å². The molecule has 1 fully saturated rings. The summed E-state index contributed by atoms with van der Waals surface area (Å²) in [6.45, 7) is 1.88. The Labute approximate surface area is 121 Å². The normalized spacial score (nSPS) is 15.8. The Balaban J connectivity index is 1.82. The van der Waals surface area contributed by atoms with Gasteiger partial charge in [0.1, 0.15) is 12.4 Å². The Bertz CT molecular complexity index is 487. The van der Waals surface area contributed by atoms with Gasteiger partial charge in [-0.05, 0) is 19.3 Å². The van der Waals surface area contributed by atoms with Gasteiger partial charge in [-0.3, -0.25) is 4.79 Å². The number of carboxylic acid groups (broad SMARTS) is 1. The molecule has 2 rings (SSSR count). The molecule has 0 bridgehead atoms. The Hall–Kier alpha value is -1.57. The molecule has 1 aromatic rings. The highest BCUT2D eigenvalue weighted by Gasteiger charge is 2.26. The molecular formula is C12H18N4O3S. The number of rotatable bonds is 8. The van der Waals surface area contributed by atoms with Crippen molar-refractivity contribution in [3.8, 4) is 0 Å². The highest BCUT2D eigenvalue weighted by Crippen LogP contribution is 2.37. The van der Waals surface area contributed by atoms with Crippen LogP contribution in [0.2, 0.25) is 0 Å². The van der Waals surface area contributed by atoms with Crippen LogP contribution in [0.15, 0.2) is 11.5 Å². The molecule has 2 N–H and O–H groups in total. The molecule has 1 aromatic heterocycles. The van der Waals surface area contributed by atoms with Crippen molar-refractivity contribution in [2.75, 3.05) is 5.75 Å². The largest absolute Gasteiger partial charge is 0.480 e. The van der Waals surface area contributed by atoms with Gasteiger partial charge in [0.05, 0.1) is 5.75 Å². The number of nitrogens with zero attached hydrogens (tertiary/aromatic N) is 3. The molecule has 1 aliphatic rings. The molecule has 0 aromatic carbocycles. The third-order valence-electron chi connectivity index (χ3n) is 3.02. The summed E-state index contributed by atoms with van der Waals surface area (Å²) < 4.78 is 1.97. The van der Waals surface area contributed by atoms with Gasteiger partial charge in [0.15, 0.2) is 5.16 Å². The molecule has 0 aliphatic heterocycles. The number of carbonyl (C=O) groups is 2. The van der Waals surface area contributed by atoms with Crippen molar-refractivity contribution in [2.45, 2.75) is 49.8 Å². The zero-order valence-electron chi connectivity index (χ0n) is 11.3. The topological polar surface area (TPSA) is 97.1 Å². The summed E-state index contributed by atoms with van der Waals surface area (Å²) in [7, 11) is 0. The lowest BCUT2D eigenvalue weighted by Crippen LogP contribution is -2.41. The van der Waals surface area contributed by atoms with E-state index in [4.69, 9.17) is 5.11 Å². The molecule has 0 unspecified atom stereocenters. The number of nitrogens with one attached hydrogen (secondary N) is 1. The quantitative estimate of drug-likeness (QED) is 0.697. The molecule has 1 saturated carbocycles. The molecule has 0 spiro atoms. The van der Waals surface area contributed by atoms with E-state index in [0.29, 0.717) is 24.0 Å². The summed E-state index contributed by atoms with van der Waals surface area (Å²) >= 11 is 1.29. The average molecular weight is 298 g/mol. The second kappa shape index (κ2) is 6.74. The van der Waals surface area contributed by atoms with Crippen LogP contribution in [0.3, 0.4) is 0 Å². The van der Waals surface area contributed by atoms with E-state index in [2.05, 4.69) is 15.5 Å². The lowest BCUT2D eigenvalue weighted by atomic mass is 10.2. The molecule has 7 nitrogen and oxygen atoms in total. The van der Waals surface area contributed by atoms with E-state index in [1.165, 1.54) is 11.8 Å². The Kier molecular flexibility index (Phi) is 4.99. The molecular weight excluding hydrogens is 280 g/mol. The number of hydrogen-bond donors (Lipinski definition) is 2. The monoisotopic (exact) mass is 298 g/mol. The first-order chi connectivity index (χ1) is 9.61. The Morgan fingerprint density at radius 1 is 1.60 bits per heavy atom. The van der Waals surface area contributed by atoms with Crippen molar-refractivity contribution in [2.24, 2.45) is 0 Å². The van der Waals surface area contributed by atoms with Gasteiger partial charge in [-0.25, -0.2) is 4.79 Å². The zero-order valence-corrected chi connectivity index (χ0v) is 12.1. The van der Waals surface area contributed by atoms with E-state index < -0.39 is 12.0 Å². The zero-order chi connectivity index (χ0) is 14.5. The number of aliphatic carboxylic acids is 1. The number of thioether (sulfide) groups is 1. The minimum absolute atomic E-state index is 0.152. The van der Waals surface area contributed by atoms with Crippen LogP contribution >= 0.6 is 11.8 Å². The summed E-state index contributed by atoms with van der Waals surface area (Å²) in [5.41, 5.74) is 0. The predicted molar refractivity (Wildman–Crippen MR) is 73.5 cm³/mol.